The number of rotatable bonds is 4. The molecule has 1 atom stereocenters. The van der Waals surface area contributed by atoms with E-state index < -0.39 is 11.9 Å². The van der Waals surface area contributed by atoms with Crippen LogP contribution in [0.4, 0.5) is 5.69 Å². The summed E-state index contributed by atoms with van der Waals surface area (Å²) < 4.78 is 0. The lowest BCUT2D eigenvalue weighted by Crippen LogP contribution is -2.36. The van der Waals surface area contributed by atoms with Crippen molar-refractivity contribution in [2.24, 2.45) is 5.92 Å². The zero-order valence-electron chi connectivity index (χ0n) is 10.3. The van der Waals surface area contributed by atoms with Crippen molar-refractivity contribution in [1.82, 2.24) is 0 Å². The van der Waals surface area contributed by atoms with Crippen molar-refractivity contribution in [3.63, 3.8) is 0 Å². The van der Waals surface area contributed by atoms with E-state index in [1.54, 1.807) is 20.0 Å². The molecule has 1 unspecified atom stereocenters. The van der Waals surface area contributed by atoms with E-state index in [1.807, 2.05) is 25.1 Å². The second kappa shape index (κ2) is 5.48. The molecule has 1 N–H and O–H groups in total. The van der Waals surface area contributed by atoms with E-state index in [-0.39, 0.29) is 5.91 Å². The molecule has 0 heterocycles. The van der Waals surface area contributed by atoms with E-state index in [2.05, 4.69) is 0 Å². The van der Waals surface area contributed by atoms with Crippen LogP contribution < -0.4 is 4.90 Å². The minimum absolute atomic E-state index is 0.296. The first-order chi connectivity index (χ1) is 7.97. The highest BCUT2D eigenvalue weighted by molar-refractivity contribution is 6.05. The van der Waals surface area contributed by atoms with Crippen LogP contribution in [-0.2, 0) is 9.59 Å². The Kier molecular flexibility index (Phi) is 4.26. The van der Waals surface area contributed by atoms with Crippen LogP contribution in [-0.4, -0.2) is 24.0 Å². The fraction of sp³-hybridized carbons (Fsp3) is 0.385. The molecule has 1 aromatic carbocycles. The molecule has 0 fully saturated rings. The van der Waals surface area contributed by atoms with Crippen LogP contribution in [0.3, 0.4) is 0 Å². The fourth-order valence-electron chi connectivity index (χ4n) is 1.65. The summed E-state index contributed by atoms with van der Waals surface area (Å²) in [4.78, 5) is 24.3. The number of carboxylic acid groups (broad SMARTS) is 1. The fourth-order valence-corrected chi connectivity index (χ4v) is 1.65. The van der Waals surface area contributed by atoms with Gasteiger partial charge in [0.1, 0.15) is 5.92 Å². The van der Waals surface area contributed by atoms with Crippen LogP contribution in [0.5, 0.6) is 0 Å². The smallest absolute Gasteiger partial charge is 0.316 e. The number of benzene rings is 1. The number of aliphatic carboxylic acids is 1. The highest BCUT2D eigenvalue weighted by Gasteiger charge is 2.27. The standard InChI is InChI=1S/C13H17NO3/c1-4-11(13(16)17)12(15)14(3)10-7-5-6-9(2)8-10/h5-8,11H,4H2,1-3H3,(H,16,17). The minimum Gasteiger partial charge on any atom is -0.481 e. The number of carboxylic acids is 1. The average molecular weight is 235 g/mol. The second-order valence-electron chi connectivity index (χ2n) is 4.04. The normalized spacial score (nSPS) is 11.9. The van der Waals surface area contributed by atoms with Gasteiger partial charge in [-0.25, -0.2) is 0 Å². The molecule has 0 saturated carbocycles. The Morgan fingerprint density at radius 3 is 2.53 bits per heavy atom. The van der Waals surface area contributed by atoms with E-state index in [1.165, 1.54) is 4.90 Å². The molecular weight excluding hydrogens is 218 g/mol. The number of nitrogens with zero attached hydrogens (tertiary/aromatic N) is 1. The average Bonchev–Trinajstić information content (AvgIpc) is 2.28. The van der Waals surface area contributed by atoms with Crippen LogP contribution in [0.1, 0.15) is 18.9 Å². The lowest BCUT2D eigenvalue weighted by Gasteiger charge is -2.21. The van der Waals surface area contributed by atoms with Crippen molar-refractivity contribution < 1.29 is 14.7 Å². The van der Waals surface area contributed by atoms with Crippen molar-refractivity contribution in [1.29, 1.82) is 0 Å². The Labute approximate surface area is 101 Å². The molecule has 0 saturated heterocycles. The first-order valence-corrected chi connectivity index (χ1v) is 5.54. The summed E-state index contributed by atoms with van der Waals surface area (Å²) in [5, 5.41) is 8.95. The maximum Gasteiger partial charge on any atom is 0.316 e. The lowest BCUT2D eigenvalue weighted by atomic mass is 10.1. The summed E-state index contributed by atoms with van der Waals surface area (Å²) in [6.45, 7) is 3.62. The molecule has 0 aliphatic heterocycles. The Morgan fingerprint density at radius 2 is 2.06 bits per heavy atom. The van der Waals surface area contributed by atoms with Gasteiger partial charge in [0.2, 0.25) is 5.91 Å². The summed E-state index contributed by atoms with van der Waals surface area (Å²) in [5.74, 6) is -2.43. The minimum atomic E-state index is -1.07. The third kappa shape index (κ3) is 3.06. The highest BCUT2D eigenvalue weighted by Crippen LogP contribution is 2.18. The first-order valence-electron chi connectivity index (χ1n) is 5.54. The van der Waals surface area contributed by atoms with Gasteiger partial charge in [0.15, 0.2) is 0 Å². The summed E-state index contributed by atoms with van der Waals surface area (Å²) >= 11 is 0. The number of amides is 1. The molecule has 0 aromatic heterocycles. The maximum atomic E-state index is 12.0. The van der Waals surface area contributed by atoms with Crippen molar-refractivity contribution in [3.8, 4) is 0 Å². The molecule has 92 valence electrons. The summed E-state index contributed by atoms with van der Waals surface area (Å²) in [7, 11) is 1.60. The Balaban J connectivity index is 2.93. The van der Waals surface area contributed by atoms with Crippen molar-refractivity contribution >= 4 is 17.6 Å². The molecule has 1 rings (SSSR count). The molecular formula is C13H17NO3. The Bertz CT molecular complexity index is 428. The molecule has 1 amide bonds. The summed E-state index contributed by atoms with van der Waals surface area (Å²) in [5.41, 5.74) is 1.75. The SMILES string of the molecule is CCC(C(=O)O)C(=O)N(C)c1cccc(C)c1. The molecule has 4 heteroatoms. The number of hydrogen-bond donors (Lipinski definition) is 1. The van der Waals surface area contributed by atoms with Crippen LogP contribution in [0, 0.1) is 12.8 Å². The first kappa shape index (κ1) is 13.2. The van der Waals surface area contributed by atoms with Gasteiger partial charge in [-0.2, -0.15) is 0 Å². The third-order valence-corrected chi connectivity index (χ3v) is 2.72. The van der Waals surface area contributed by atoms with E-state index in [0.717, 1.165) is 11.3 Å². The number of anilines is 1. The third-order valence-electron chi connectivity index (χ3n) is 2.72. The van der Waals surface area contributed by atoms with Crippen LogP contribution in [0.25, 0.3) is 0 Å². The van der Waals surface area contributed by atoms with Crippen LogP contribution in [0.15, 0.2) is 24.3 Å². The lowest BCUT2D eigenvalue weighted by molar-refractivity contribution is -0.146. The monoisotopic (exact) mass is 235 g/mol. The predicted octanol–water partition coefficient (Wildman–Crippen LogP) is 2.07. The van der Waals surface area contributed by atoms with Gasteiger partial charge in [-0.05, 0) is 31.0 Å². The molecule has 1 aromatic rings. The van der Waals surface area contributed by atoms with Gasteiger partial charge in [-0.1, -0.05) is 19.1 Å². The number of aryl methyl sites for hydroxylation is 1. The van der Waals surface area contributed by atoms with E-state index >= 15 is 0 Å². The zero-order valence-corrected chi connectivity index (χ0v) is 10.3. The van der Waals surface area contributed by atoms with Gasteiger partial charge in [-0.15, -0.1) is 0 Å². The van der Waals surface area contributed by atoms with Gasteiger partial charge in [0.25, 0.3) is 0 Å². The molecule has 0 radical (unpaired) electrons. The van der Waals surface area contributed by atoms with Crippen molar-refractivity contribution in [2.75, 3.05) is 11.9 Å². The van der Waals surface area contributed by atoms with Crippen LogP contribution in [0.2, 0.25) is 0 Å². The molecule has 0 aliphatic carbocycles. The number of carbonyl (C=O) groups excluding carboxylic acids is 1. The van der Waals surface area contributed by atoms with Gasteiger partial charge in [0, 0.05) is 12.7 Å². The number of carbonyl (C=O) groups is 2. The molecule has 0 bridgehead atoms. The van der Waals surface area contributed by atoms with E-state index in [0.29, 0.717) is 6.42 Å². The van der Waals surface area contributed by atoms with Gasteiger partial charge in [0.05, 0.1) is 0 Å². The quantitative estimate of drug-likeness (QED) is 0.813. The highest BCUT2D eigenvalue weighted by atomic mass is 16.4. The number of hydrogen-bond acceptors (Lipinski definition) is 2. The zero-order chi connectivity index (χ0) is 13.0. The predicted molar refractivity (Wildman–Crippen MR) is 66.0 cm³/mol. The molecule has 4 nitrogen and oxygen atoms in total. The van der Waals surface area contributed by atoms with Crippen molar-refractivity contribution in [3.05, 3.63) is 29.8 Å². The Morgan fingerprint density at radius 1 is 1.41 bits per heavy atom. The maximum absolute atomic E-state index is 12.0. The molecule has 17 heavy (non-hydrogen) atoms. The Hall–Kier alpha value is -1.84. The summed E-state index contributed by atoms with van der Waals surface area (Å²) in [6, 6.07) is 7.42. The second-order valence-corrected chi connectivity index (χ2v) is 4.04. The van der Waals surface area contributed by atoms with Gasteiger partial charge < -0.3 is 10.0 Å². The van der Waals surface area contributed by atoms with Crippen LogP contribution >= 0.6 is 0 Å². The van der Waals surface area contributed by atoms with Gasteiger partial charge >= 0.3 is 5.97 Å². The topological polar surface area (TPSA) is 57.6 Å². The van der Waals surface area contributed by atoms with Crippen molar-refractivity contribution in [2.45, 2.75) is 20.3 Å². The molecule has 0 spiro atoms. The molecule has 0 aliphatic rings. The summed E-state index contributed by atoms with van der Waals surface area (Å²) in [6.07, 6.45) is 0.296. The largest absolute Gasteiger partial charge is 0.481 e. The van der Waals surface area contributed by atoms with E-state index in [4.69, 9.17) is 5.11 Å². The van der Waals surface area contributed by atoms with Gasteiger partial charge in [-0.3, -0.25) is 9.59 Å². The van der Waals surface area contributed by atoms with E-state index in [9.17, 15) is 9.59 Å².